The second-order valence-electron chi connectivity index (χ2n) is 6.56. The van der Waals surface area contributed by atoms with E-state index in [1.54, 1.807) is 0 Å². The zero-order valence-electron chi connectivity index (χ0n) is 16.6. The van der Waals surface area contributed by atoms with Crippen molar-refractivity contribution in [2.75, 3.05) is 27.3 Å². The van der Waals surface area contributed by atoms with Gasteiger partial charge in [-0.05, 0) is 28.9 Å². The molecule has 6 nitrogen and oxygen atoms in total. The topological polar surface area (TPSA) is 72.9 Å². The molecule has 1 aliphatic rings. The Labute approximate surface area is 170 Å². The Balaban J connectivity index is 2.30. The highest BCUT2D eigenvalue weighted by Crippen LogP contribution is 2.35. The molecule has 0 N–H and O–H groups in total. The van der Waals surface area contributed by atoms with Gasteiger partial charge in [0.05, 0.1) is 20.6 Å². The van der Waals surface area contributed by atoms with Crippen molar-refractivity contribution in [3.05, 3.63) is 46.4 Å². The van der Waals surface area contributed by atoms with E-state index in [0.717, 1.165) is 22.5 Å². The number of hydrogen-bond donors (Lipinski definition) is 0. The summed E-state index contributed by atoms with van der Waals surface area (Å²) in [4.78, 5) is 39.5. The van der Waals surface area contributed by atoms with Crippen molar-refractivity contribution < 1.29 is 23.9 Å². The number of carbonyl (C=O) groups is 3. The standard InChI is InChI=1S/C21H27NO5S/c1-4-8-19(24)28-17-11-12-22(14-16(17)13-18(23)26-2)20(21(25)27-3)15-9-6-5-7-10-15/h5-7,9-10,20H,4,8,11-14H2,1-3H3/t20-/m0/s1. The van der Waals surface area contributed by atoms with Crippen LogP contribution < -0.4 is 0 Å². The Hall–Kier alpha value is -2.12. The Kier molecular flexibility index (Phi) is 8.73. The first-order valence-corrected chi connectivity index (χ1v) is 10.2. The minimum absolute atomic E-state index is 0.0980. The van der Waals surface area contributed by atoms with E-state index in [2.05, 4.69) is 0 Å². The number of benzene rings is 1. The molecule has 0 bridgehead atoms. The maximum Gasteiger partial charge on any atom is 0.327 e. The molecule has 28 heavy (non-hydrogen) atoms. The molecule has 1 heterocycles. The van der Waals surface area contributed by atoms with Gasteiger partial charge in [-0.3, -0.25) is 14.5 Å². The van der Waals surface area contributed by atoms with Crippen molar-refractivity contribution >= 4 is 28.8 Å². The number of ether oxygens (including phenoxy) is 2. The summed E-state index contributed by atoms with van der Waals surface area (Å²) < 4.78 is 9.86. The van der Waals surface area contributed by atoms with Crippen LogP contribution in [-0.2, 0) is 23.9 Å². The fraction of sp³-hybridized carbons (Fsp3) is 0.476. The summed E-state index contributed by atoms with van der Waals surface area (Å²) in [6.45, 7) is 2.97. The molecule has 152 valence electrons. The van der Waals surface area contributed by atoms with Gasteiger partial charge < -0.3 is 9.47 Å². The molecule has 1 atom stereocenters. The Bertz CT molecular complexity index is 732. The fourth-order valence-corrected chi connectivity index (χ4v) is 4.27. The van der Waals surface area contributed by atoms with Crippen LogP contribution >= 0.6 is 11.8 Å². The highest BCUT2D eigenvalue weighted by molar-refractivity contribution is 8.16. The van der Waals surface area contributed by atoms with Crippen molar-refractivity contribution in [3.8, 4) is 0 Å². The van der Waals surface area contributed by atoms with Crippen LogP contribution in [0.4, 0.5) is 0 Å². The van der Waals surface area contributed by atoms with Gasteiger partial charge in [0.25, 0.3) is 0 Å². The molecule has 2 rings (SSSR count). The zero-order chi connectivity index (χ0) is 20.5. The lowest BCUT2D eigenvalue weighted by Crippen LogP contribution is -2.39. The second-order valence-corrected chi connectivity index (χ2v) is 7.71. The van der Waals surface area contributed by atoms with E-state index >= 15 is 0 Å². The molecular formula is C21H27NO5S. The van der Waals surface area contributed by atoms with Gasteiger partial charge in [0.2, 0.25) is 0 Å². The highest BCUT2D eigenvalue weighted by atomic mass is 32.2. The van der Waals surface area contributed by atoms with E-state index in [1.165, 1.54) is 26.0 Å². The number of carbonyl (C=O) groups excluding carboxylic acids is 3. The van der Waals surface area contributed by atoms with Gasteiger partial charge in [0, 0.05) is 19.5 Å². The van der Waals surface area contributed by atoms with Crippen LogP contribution in [0.15, 0.2) is 40.8 Å². The summed E-state index contributed by atoms with van der Waals surface area (Å²) in [5, 5.41) is 0.0980. The predicted octanol–water partition coefficient (Wildman–Crippen LogP) is 3.48. The molecule has 0 spiro atoms. The number of esters is 2. The molecular weight excluding hydrogens is 378 g/mol. The van der Waals surface area contributed by atoms with Crippen molar-refractivity contribution in [3.63, 3.8) is 0 Å². The van der Waals surface area contributed by atoms with Crippen LogP contribution in [0.25, 0.3) is 0 Å². The normalized spacial score (nSPS) is 15.8. The lowest BCUT2D eigenvalue weighted by molar-refractivity contribution is -0.147. The first-order valence-electron chi connectivity index (χ1n) is 9.35. The Morgan fingerprint density at radius 3 is 2.46 bits per heavy atom. The monoisotopic (exact) mass is 405 g/mol. The minimum atomic E-state index is -0.559. The van der Waals surface area contributed by atoms with Crippen LogP contribution in [0, 0.1) is 0 Å². The van der Waals surface area contributed by atoms with Crippen LogP contribution in [-0.4, -0.2) is 49.3 Å². The predicted molar refractivity (Wildman–Crippen MR) is 109 cm³/mol. The summed E-state index contributed by atoms with van der Waals surface area (Å²) in [6, 6.07) is 8.87. The first kappa shape index (κ1) is 22.2. The third kappa shape index (κ3) is 5.94. The first-order chi connectivity index (χ1) is 13.5. The number of methoxy groups -OCH3 is 2. The van der Waals surface area contributed by atoms with Crippen LogP contribution in [0.3, 0.4) is 0 Å². The van der Waals surface area contributed by atoms with Gasteiger partial charge in [0.1, 0.15) is 6.04 Å². The van der Waals surface area contributed by atoms with E-state index in [1.807, 2.05) is 42.2 Å². The molecule has 7 heteroatoms. The smallest absolute Gasteiger partial charge is 0.327 e. The number of rotatable bonds is 8. The molecule has 0 aromatic heterocycles. The van der Waals surface area contributed by atoms with Crippen molar-refractivity contribution in [1.82, 2.24) is 4.90 Å². The molecule has 0 amide bonds. The quantitative estimate of drug-likeness (QED) is 0.613. The molecule has 0 aliphatic carbocycles. The van der Waals surface area contributed by atoms with E-state index in [-0.39, 0.29) is 23.5 Å². The summed E-state index contributed by atoms with van der Waals surface area (Å²) >= 11 is 1.22. The van der Waals surface area contributed by atoms with Gasteiger partial charge >= 0.3 is 11.9 Å². The number of thioether (sulfide) groups is 1. The molecule has 1 aromatic rings. The van der Waals surface area contributed by atoms with Crippen molar-refractivity contribution in [2.45, 2.75) is 38.6 Å². The van der Waals surface area contributed by atoms with E-state index in [0.29, 0.717) is 25.9 Å². The zero-order valence-corrected chi connectivity index (χ0v) is 17.4. The van der Waals surface area contributed by atoms with Gasteiger partial charge in [-0.2, -0.15) is 0 Å². The third-order valence-electron chi connectivity index (χ3n) is 4.60. The summed E-state index contributed by atoms with van der Waals surface area (Å²) in [5.41, 5.74) is 1.67. The Morgan fingerprint density at radius 2 is 1.86 bits per heavy atom. The van der Waals surface area contributed by atoms with Crippen LogP contribution in [0.2, 0.25) is 0 Å². The highest BCUT2D eigenvalue weighted by Gasteiger charge is 2.33. The van der Waals surface area contributed by atoms with Gasteiger partial charge in [0.15, 0.2) is 5.12 Å². The average molecular weight is 406 g/mol. The lowest BCUT2D eigenvalue weighted by atomic mass is 10.00. The van der Waals surface area contributed by atoms with Crippen molar-refractivity contribution in [2.24, 2.45) is 0 Å². The van der Waals surface area contributed by atoms with E-state index in [9.17, 15) is 14.4 Å². The summed E-state index contributed by atoms with van der Waals surface area (Å²) in [7, 11) is 2.72. The molecule has 0 saturated carbocycles. The molecule has 0 saturated heterocycles. The molecule has 1 aromatic carbocycles. The molecule has 0 fully saturated rings. The molecule has 0 radical (unpaired) electrons. The number of nitrogens with zero attached hydrogens (tertiary/aromatic N) is 1. The summed E-state index contributed by atoms with van der Waals surface area (Å²) in [5.74, 6) is -0.700. The van der Waals surface area contributed by atoms with Gasteiger partial charge in [-0.25, -0.2) is 4.79 Å². The maximum atomic E-state index is 12.5. The van der Waals surface area contributed by atoms with Gasteiger partial charge in [-0.1, -0.05) is 49.0 Å². The Morgan fingerprint density at radius 1 is 1.14 bits per heavy atom. The fourth-order valence-electron chi connectivity index (χ4n) is 3.21. The summed E-state index contributed by atoms with van der Waals surface area (Å²) in [6.07, 6.45) is 2.00. The van der Waals surface area contributed by atoms with Gasteiger partial charge in [-0.15, -0.1) is 0 Å². The SMILES string of the molecule is CCCC(=O)SC1=C(CC(=O)OC)CN([C@H](C(=O)OC)c2ccccc2)CC1. The number of hydrogen-bond acceptors (Lipinski definition) is 7. The van der Waals surface area contributed by atoms with Crippen LogP contribution in [0.1, 0.15) is 44.2 Å². The molecule has 1 aliphatic heterocycles. The van der Waals surface area contributed by atoms with Crippen LogP contribution in [0.5, 0.6) is 0 Å². The maximum absolute atomic E-state index is 12.5. The van der Waals surface area contributed by atoms with Crippen molar-refractivity contribution in [1.29, 1.82) is 0 Å². The third-order valence-corrected chi connectivity index (χ3v) is 5.77. The average Bonchev–Trinajstić information content (AvgIpc) is 2.70. The van der Waals surface area contributed by atoms with E-state index < -0.39 is 6.04 Å². The second kappa shape index (κ2) is 11.0. The van der Waals surface area contributed by atoms with E-state index in [4.69, 9.17) is 9.47 Å². The lowest BCUT2D eigenvalue weighted by Gasteiger charge is -2.35. The largest absolute Gasteiger partial charge is 0.469 e. The minimum Gasteiger partial charge on any atom is -0.469 e. The molecule has 0 unspecified atom stereocenters.